The molecule has 25 heavy (non-hydrogen) atoms. The fourth-order valence-electron chi connectivity index (χ4n) is 2.45. The number of carboxylic acid groups (broad SMARTS) is 2. The van der Waals surface area contributed by atoms with E-state index >= 15 is 0 Å². The number of nitrogens with zero attached hydrogens (tertiary/aromatic N) is 2. The van der Waals surface area contributed by atoms with Crippen molar-refractivity contribution in [3.8, 4) is 17.0 Å². The summed E-state index contributed by atoms with van der Waals surface area (Å²) >= 11 is 0. The molecule has 0 aliphatic carbocycles. The second-order valence-corrected chi connectivity index (χ2v) is 5.28. The van der Waals surface area contributed by atoms with Gasteiger partial charge in [0.25, 0.3) is 0 Å². The molecule has 0 spiro atoms. The molecule has 0 amide bonds. The van der Waals surface area contributed by atoms with E-state index < -0.39 is 11.9 Å². The Balaban J connectivity index is 0.000000242. The van der Waals surface area contributed by atoms with Gasteiger partial charge in [0.2, 0.25) is 0 Å². The van der Waals surface area contributed by atoms with E-state index in [0.29, 0.717) is 17.9 Å². The van der Waals surface area contributed by atoms with Crippen LogP contribution in [0.3, 0.4) is 0 Å². The Morgan fingerprint density at radius 2 is 1.56 bits per heavy atom. The molecule has 130 valence electrons. The molecule has 7 nitrogen and oxygen atoms in total. The Morgan fingerprint density at radius 3 is 2.12 bits per heavy atom. The Morgan fingerprint density at radius 1 is 1.00 bits per heavy atom. The summed E-state index contributed by atoms with van der Waals surface area (Å²) < 4.78 is 2.29. The second kappa shape index (κ2) is 7.96. The van der Waals surface area contributed by atoms with Crippen LogP contribution >= 0.6 is 0 Å². The molecule has 1 aromatic carbocycles. The molecular formula is C18H18N2O5. The zero-order chi connectivity index (χ0) is 18.4. The summed E-state index contributed by atoms with van der Waals surface area (Å²) in [6, 6.07) is 11.6. The SMILES string of the molecule is CC1=NCCn2c1ccc2-c1ccc(O)cc1.O=C(O)/C=C/C(=O)O. The zero-order valence-electron chi connectivity index (χ0n) is 13.6. The average molecular weight is 342 g/mol. The molecule has 1 aliphatic heterocycles. The van der Waals surface area contributed by atoms with Gasteiger partial charge in [-0.05, 0) is 48.9 Å². The lowest BCUT2D eigenvalue weighted by atomic mass is 10.1. The van der Waals surface area contributed by atoms with Crippen LogP contribution in [-0.4, -0.2) is 44.1 Å². The first-order chi connectivity index (χ1) is 11.9. The van der Waals surface area contributed by atoms with Gasteiger partial charge in [-0.3, -0.25) is 4.99 Å². The van der Waals surface area contributed by atoms with Gasteiger partial charge in [0, 0.05) is 24.4 Å². The molecule has 0 bridgehead atoms. The highest BCUT2D eigenvalue weighted by molar-refractivity contribution is 5.98. The van der Waals surface area contributed by atoms with Crippen LogP contribution in [0.15, 0.2) is 53.5 Å². The molecule has 7 heteroatoms. The van der Waals surface area contributed by atoms with Gasteiger partial charge < -0.3 is 19.9 Å². The lowest BCUT2D eigenvalue weighted by molar-refractivity contribution is -0.134. The van der Waals surface area contributed by atoms with Crippen LogP contribution in [0.1, 0.15) is 12.6 Å². The monoisotopic (exact) mass is 342 g/mol. The molecular weight excluding hydrogens is 324 g/mol. The maximum atomic E-state index is 9.55. The van der Waals surface area contributed by atoms with Crippen molar-refractivity contribution in [1.82, 2.24) is 4.57 Å². The molecule has 3 rings (SSSR count). The summed E-state index contributed by atoms with van der Waals surface area (Å²) in [7, 11) is 0. The van der Waals surface area contributed by atoms with Gasteiger partial charge in [0.1, 0.15) is 5.75 Å². The molecule has 0 atom stereocenters. The van der Waals surface area contributed by atoms with Gasteiger partial charge in [-0.1, -0.05) is 0 Å². The van der Waals surface area contributed by atoms with Gasteiger partial charge in [-0.25, -0.2) is 9.59 Å². The molecule has 2 aromatic rings. The number of carbonyl (C=O) groups is 2. The maximum absolute atomic E-state index is 9.55. The van der Waals surface area contributed by atoms with E-state index in [1.54, 1.807) is 12.1 Å². The fourth-order valence-corrected chi connectivity index (χ4v) is 2.45. The number of hydrogen-bond donors (Lipinski definition) is 3. The summed E-state index contributed by atoms with van der Waals surface area (Å²) in [4.78, 5) is 23.6. The van der Waals surface area contributed by atoms with Crippen LogP contribution in [0.4, 0.5) is 0 Å². The minimum Gasteiger partial charge on any atom is -0.508 e. The third kappa shape index (κ3) is 4.81. The van der Waals surface area contributed by atoms with Crippen LogP contribution in [0.2, 0.25) is 0 Å². The molecule has 3 N–H and O–H groups in total. The molecule has 0 radical (unpaired) electrons. The minimum absolute atomic E-state index is 0.303. The highest BCUT2D eigenvalue weighted by Gasteiger charge is 2.14. The van der Waals surface area contributed by atoms with Crippen LogP contribution in [0.5, 0.6) is 5.75 Å². The number of phenols is 1. The van der Waals surface area contributed by atoms with Crippen molar-refractivity contribution < 1.29 is 24.9 Å². The quantitative estimate of drug-likeness (QED) is 0.742. The Kier molecular flexibility index (Phi) is 5.73. The normalized spacial score (nSPS) is 12.8. The van der Waals surface area contributed by atoms with Crippen molar-refractivity contribution in [3.63, 3.8) is 0 Å². The van der Waals surface area contributed by atoms with Gasteiger partial charge in [-0.2, -0.15) is 0 Å². The number of carboxylic acids is 2. The molecule has 0 saturated heterocycles. The van der Waals surface area contributed by atoms with E-state index in [0.717, 1.165) is 24.4 Å². The van der Waals surface area contributed by atoms with Crippen molar-refractivity contribution in [1.29, 1.82) is 0 Å². The number of hydrogen-bond acceptors (Lipinski definition) is 4. The van der Waals surface area contributed by atoms with E-state index in [2.05, 4.69) is 21.7 Å². The van der Waals surface area contributed by atoms with Crippen molar-refractivity contribution in [2.24, 2.45) is 4.99 Å². The van der Waals surface area contributed by atoms with Crippen molar-refractivity contribution in [2.75, 3.05) is 6.54 Å². The first-order valence-electron chi connectivity index (χ1n) is 7.53. The number of aliphatic carboxylic acids is 2. The van der Waals surface area contributed by atoms with Crippen LogP contribution in [-0.2, 0) is 16.1 Å². The first-order valence-corrected chi connectivity index (χ1v) is 7.53. The Hall–Kier alpha value is -3.35. The predicted molar refractivity (Wildman–Crippen MR) is 93.0 cm³/mol. The number of rotatable bonds is 3. The lowest BCUT2D eigenvalue weighted by Gasteiger charge is -2.16. The third-order valence-electron chi connectivity index (χ3n) is 3.56. The summed E-state index contributed by atoms with van der Waals surface area (Å²) in [5.74, 6) is -2.21. The average Bonchev–Trinajstić information content (AvgIpc) is 3.00. The van der Waals surface area contributed by atoms with Crippen LogP contribution in [0.25, 0.3) is 11.3 Å². The Labute approximate surface area is 144 Å². The van der Waals surface area contributed by atoms with E-state index in [9.17, 15) is 14.7 Å². The number of aromatic nitrogens is 1. The number of phenolic OH excluding ortho intramolecular Hbond substituents is 1. The van der Waals surface area contributed by atoms with Gasteiger partial charge >= 0.3 is 11.9 Å². The largest absolute Gasteiger partial charge is 0.508 e. The predicted octanol–water partition coefficient (Wildman–Crippen LogP) is 2.40. The summed E-state index contributed by atoms with van der Waals surface area (Å²) in [6.45, 7) is 3.82. The lowest BCUT2D eigenvalue weighted by Crippen LogP contribution is -2.16. The zero-order valence-corrected chi connectivity index (χ0v) is 13.6. The summed E-state index contributed by atoms with van der Waals surface area (Å²) in [5, 5.41) is 24.9. The third-order valence-corrected chi connectivity index (χ3v) is 3.56. The Bertz CT molecular complexity index is 816. The molecule has 0 fully saturated rings. The first kappa shape index (κ1) is 18.0. The number of fused-ring (bicyclic) bond motifs is 1. The van der Waals surface area contributed by atoms with Gasteiger partial charge in [0.05, 0.1) is 18.0 Å². The van der Waals surface area contributed by atoms with Crippen molar-refractivity contribution >= 4 is 17.7 Å². The molecule has 0 unspecified atom stereocenters. The molecule has 1 aliphatic rings. The number of aromatic hydroxyl groups is 1. The van der Waals surface area contributed by atoms with E-state index in [1.807, 2.05) is 19.1 Å². The maximum Gasteiger partial charge on any atom is 0.328 e. The van der Waals surface area contributed by atoms with Gasteiger partial charge in [0.15, 0.2) is 0 Å². The summed E-state index contributed by atoms with van der Waals surface area (Å²) in [5.41, 5.74) is 4.61. The topological polar surface area (TPSA) is 112 Å². The van der Waals surface area contributed by atoms with Gasteiger partial charge in [-0.15, -0.1) is 0 Å². The van der Waals surface area contributed by atoms with Crippen LogP contribution < -0.4 is 0 Å². The van der Waals surface area contributed by atoms with E-state index in [4.69, 9.17) is 10.2 Å². The standard InChI is InChI=1S/C14H14N2O.C4H4O4/c1-10-13-6-7-14(16(13)9-8-15-10)11-2-4-12(17)5-3-11;5-3(6)1-2-4(7)8/h2-7,17H,8-9H2,1H3;1-2H,(H,5,6)(H,7,8)/b;2-1+. The number of aliphatic imine (C=N–C) groups is 1. The number of benzene rings is 1. The summed E-state index contributed by atoms with van der Waals surface area (Å²) in [6.07, 6.45) is 1.12. The fraction of sp³-hybridized carbons (Fsp3) is 0.167. The molecule has 0 saturated carbocycles. The molecule has 1 aromatic heterocycles. The minimum atomic E-state index is -1.26. The van der Waals surface area contributed by atoms with Crippen molar-refractivity contribution in [2.45, 2.75) is 13.5 Å². The van der Waals surface area contributed by atoms with E-state index in [-0.39, 0.29) is 0 Å². The molecule has 2 heterocycles. The highest BCUT2D eigenvalue weighted by atomic mass is 16.4. The highest BCUT2D eigenvalue weighted by Crippen LogP contribution is 2.26. The second-order valence-electron chi connectivity index (χ2n) is 5.28. The van der Waals surface area contributed by atoms with Crippen LogP contribution in [0, 0.1) is 0 Å². The van der Waals surface area contributed by atoms with Crippen molar-refractivity contribution in [3.05, 3.63) is 54.2 Å². The van der Waals surface area contributed by atoms with E-state index in [1.165, 1.54) is 11.4 Å². The smallest absolute Gasteiger partial charge is 0.328 e.